The Bertz CT molecular complexity index is 591. The van der Waals surface area contributed by atoms with Crippen LogP contribution >= 0.6 is 22.7 Å². The van der Waals surface area contributed by atoms with Gasteiger partial charge in [0.15, 0.2) is 0 Å². The molecule has 2 rings (SSSR count). The highest BCUT2D eigenvalue weighted by Gasteiger charge is 2.23. The maximum Gasteiger partial charge on any atom is 0.270 e. The van der Waals surface area contributed by atoms with Gasteiger partial charge in [-0.25, -0.2) is 13.4 Å². The molecule has 0 aliphatic rings. The number of hydrogen-bond donors (Lipinski definition) is 2. The van der Waals surface area contributed by atoms with Crippen LogP contribution in [-0.2, 0) is 10.0 Å². The number of anilines is 1. The lowest BCUT2D eigenvalue weighted by molar-refractivity contribution is 0.564. The van der Waals surface area contributed by atoms with E-state index < -0.39 is 16.1 Å². The lowest BCUT2D eigenvalue weighted by atomic mass is 10.4. The summed E-state index contributed by atoms with van der Waals surface area (Å²) in [6.45, 7) is 1.71. The highest BCUT2D eigenvalue weighted by atomic mass is 32.2. The Labute approximate surface area is 106 Å². The zero-order valence-electron chi connectivity index (χ0n) is 8.69. The fourth-order valence-corrected chi connectivity index (χ4v) is 3.84. The molecule has 17 heavy (non-hydrogen) atoms. The largest absolute Gasteiger partial charge is 0.374 e. The fraction of sp³-hybridized carbons (Fsp3) is 0.286. The van der Waals surface area contributed by atoms with Gasteiger partial charge >= 0.3 is 0 Å². The number of nitrogens with two attached hydrogens (primary N) is 1. The molecular weight excluding hydrogens is 282 g/mol. The average molecular weight is 291 g/mol. The lowest BCUT2D eigenvalue weighted by Crippen LogP contribution is -2.26. The first-order valence-electron chi connectivity index (χ1n) is 4.50. The van der Waals surface area contributed by atoms with Crippen molar-refractivity contribution in [1.29, 1.82) is 0 Å². The Morgan fingerprint density at radius 1 is 1.47 bits per heavy atom. The number of aromatic nitrogens is 3. The summed E-state index contributed by atoms with van der Waals surface area (Å²) in [5.41, 5.74) is 5.34. The monoisotopic (exact) mass is 291 g/mol. The molecule has 0 amide bonds. The van der Waals surface area contributed by atoms with Gasteiger partial charge in [-0.1, -0.05) is 11.3 Å². The van der Waals surface area contributed by atoms with E-state index in [0.717, 1.165) is 11.3 Å². The molecule has 0 aliphatic carbocycles. The van der Waals surface area contributed by atoms with Crippen LogP contribution in [0.1, 0.15) is 18.0 Å². The van der Waals surface area contributed by atoms with Crippen LogP contribution < -0.4 is 10.5 Å². The van der Waals surface area contributed by atoms with Crippen molar-refractivity contribution in [1.82, 2.24) is 19.9 Å². The Hall–Kier alpha value is -1.10. The van der Waals surface area contributed by atoms with Gasteiger partial charge < -0.3 is 5.73 Å². The molecule has 2 aromatic heterocycles. The van der Waals surface area contributed by atoms with Crippen molar-refractivity contribution in [3.63, 3.8) is 0 Å². The van der Waals surface area contributed by atoms with Crippen molar-refractivity contribution < 1.29 is 8.42 Å². The van der Waals surface area contributed by atoms with Gasteiger partial charge in [-0.3, -0.25) is 0 Å². The molecule has 2 aromatic rings. The van der Waals surface area contributed by atoms with Gasteiger partial charge in [0, 0.05) is 11.6 Å². The van der Waals surface area contributed by atoms with E-state index in [-0.39, 0.29) is 9.47 Å². The molecule has 10 heteroatoms. The standard InChI is InChI=1S/C7H9N5O2S3/c1-4(5-9-2-3-15-5)12-17(13,14)7-11-10-6(8)16-7/h2-4,12H,1H3,(H2,8,10). The summed E-state index contributed by atoms with van der Waals surface area (Å²) in [6.07, 6.45) is 1.62. The molecule has 0 saturated heterocycles. The van der Waals surface area contributed by atoms with E-state index in [4.69, 9.17) is 5.73 Å². The first kappa shape index (κ1) is 12.4. The number of nitrogens with one attached hydrogen (secondary N) is 1. The molecule has 0 saturated carbocycles. The van der Waals surface area contributed by atoms with Gasteiger partial charge in [-0.15, -0.1) is 21.5 Å². The number of sulfonamides is 1. The van der Waals surface area contributed by atoms with Crippen LogP contribution in [-0.4, -0.2) is 23.6 Å². The summed E-state index contributed by atoms with van der Waals surface area (Å²) >= 11 is 2.20. The average Bonchev–Trinajstić information content (AvgIpc) is 2.86. The predicted molar refractivity (Wildman–Crippen MR) is 65.2 cm³/mol. The minimum absolute atomic E-state index is 0.118. The van der Waals surface area contributed by atoms with Crippen LogP contribution in [0.5, 0.6) is 0 Å². The van der Waals surface area contributed by atoms with Gasteiger partial charge in [0.05, 0.1) is 6.04 Å². The lowest BCUT2D eigenvalue weighted by Gasteiger charge is -2.09. The van der Waals surface area contributed by atoms with E-state index in [1.54, 1.807) is 18.5 Å². The van der Waals surface area contributed by atoms with Crippen molar-refractivity contribution in [2.24, 2.45) is 0 Å². The SMILES string of the molecule is CC(NS(=O)(=O)c1nnc(N)s1)c1nccs1. The minimum Gasteiger partial charge on any atom is -0.374 e. The first-order chi connectivity index (χ1) is 7.99. The zero-order valence-corrected chi connectivity index (χ0v) is 11.1. The Morgan fingerprint density at radius 2 is 2.24 bits per heavy atom. The van der Waals surface area contributed by atoms with E-state index in [9.17, 15) is 8.42 Å². The van der Waals surface area contributed by atoms with Crippen molar-refractivity contribution in [2.45, 2.75) is 17.3 Å². The Kier molecular flexibility index (Phi) is 3.38. The van der Waals surface area contributed by atoms with E-state index in [2.05, 4.69) is 19.9 Å². The summed E-state index contributed by atoms with van der Waals surface area (Å²) in [6, 6.07) is -0.412. The number of rotatable bonds is 4. The van der Waals surface area contributed by atoms with Crippen LogP contribution in [0.25, 0.3) is 0 Å². The summed E-state index contributed by atoms with van der Waals surface area (Å²) in [4.78, 5) is 4.03. The predicted octanol–water partition coefficient (Wildman–Crippen LogP) is 0.616. The molecule has 1 atom stereocenters. The zero-order chi connectivity index (χ0) is 12.5. The molecule has 1 unspecified atom stereocenters. The molecule has 0 aromatic carbocycles. The fourth-order valence-electron chi connectivity index (χ4n) is 1.11. The second kappa shape index (κ2) is 4.64. The second-order valence-corrected chi connectivity index (χ2v) is 6.94. The third-order valence-electron chi connectivity index (χ3n) is 1.81. The van der Waals surface area contributed by atoms with Crippen LogP contribution in [0.3, 0.4) is 0 Å². The molecule has 0 bridgehead atoms. The summed E-state index contributed by atoms with van der Waals surface area (Å²) in [5, 5.41) is 9.55. The topological polar surface area (TPSA) is 111 Å². The normalized spacial score (nSPS) is 13.7. The third-order valence-corrected chi connectivity index (χ3v) is 5.42. The van der Waals surface area contributed by atoms with Gasteiger partial charge in [0.1, 0.15) is 5.01 Å². The van der Waals surface area contributed by atoms with E-state index in [0.29, 0.717) is 5.01 Å². The number of thiazole rings is 1. The van der Waals surface area contributed by atoms with E-state index >= 15 is 0 Å². The molecule has 3 N–H and O–H groups in total. The summed E-state index contributed by atoms with van der Waals surface area (Å²) < 4.78 is 26.1. The quantitative estimate of drug-likeness (QED) is 0.854. The molecule has 92 valence electrons. The van der Waals surface area contributed by atoms with Crippen molar-refractivity contribution in [2.75, 3.05) is 5.73 Å². The van der Waals surface area contributed by atoms with Crippen LogP contribution in [0, 0.1) is 0 Å². The van der Waals surface area contributed by atoms with E-state index in [1.165, 1.54) is 11.3 Å². The number of hydrogen-bond acceptors (Lipinski definition) is 8. The summed E-state index contributed by atoms with van der Waals surface area (Å²) in [5.74, 6) is 0. The summed E-state index contributed by atoms with van der Waals surface area (Å²) in [7, 11) is -3.68. The van der Waals surface area contributed by atoms with Crippen molar-refractivity contribution in [3.8, 4) is 0 Å². The first-order valence-corrected chi connectivity index (χ1v) is 7.67. The Balaban J connectivity index is 2.18. The molecule has 0 radical (unpaired) electrons. The number of nitrogens with zero attached hydrogens (tertiary/aromatic N) is 3. The number of nitrogen functional groups attached to an aromatic ring is 1. The van der Waals surface area contributed by atoms with Gasteiger partial charge in [-0.2, -0.15) is 4.72 Å². The minimum atomic E-state index is -3.68. The molecule has 0 spiro atoms. The van der Waals surface area contributed by atoms with E-state index in [1.807, 2.05) is 0 Å². The van der Waals surface area contributed by atoms with Gasteiger partial charge in [-0.05, 0) is 6.92 Å². The van der Waals surface area contributed by atoms with Gasteiger partial charge in [0.25, 0.3) is 10.0 Å². The molecular formula is C7H9N5O2S3. The van der Waals surface area contributed by atoms with Crippen LogP contribution in [0.2, 0.25) is 0 Å². The molecule has 0 aliphatic heterocycles. The maximum absolute atomic E-state index is 11.9. The van der Waals surface area contributed by atoms with Crippen molar-refractivity contribution >= 4 is 37.8 Å². The molecule has 2 heterocycles. The van der Waals surface area contributed by atoms with Crippen LogP contribution in [0.15, 0.2) is 15.9 Å². The van der Waals surface area contributed by atoms with Crippen LogP contribution in [0.4, 0.5) is 5.13 Å². The highest BCUT2D eigenvalue weighted by molar-refractivity contribution is 7.91. The Morgan fingerprint density at radius 3 is 2.76 bits per heavy atom. The molecule has 7 nitrogen and oxygen atoms in total. The maximum atomic E-state index is 11.9. The van der Waals surface area contributed by atoms with Gasteiger partial charge in [0.2, 0.25) is 9.47 Å². The third kappa shape index (κ3) is 2.77. The highest BCUT2D eigenvalue weighted by Crippen LogP contribution is 2.21. The second-order valence-electron chi connectivity index (χ2n) is 3.12. The van der Waals surface area contributed by atoms with Crippen molar-refractivity contribution in [3.05, 3.63) is 16.6 Å². The smallest absolute Gasteiger partial charge is 0.270 e. The molecule has 0 fully saturated rings.